The Kier molecular flexibility index (Phi) is 2.22. The minimum atomic E-state index is -0.169. The Morgan fingerprint density at radius 1 is 1.43 bits per heavy atom. The molecule has 0 fully saturated rings. The molecule has 0 aliphatic heterocycles. The van der Waals surface area contributed by atoms with Crippen LogP contribution >= 0.6 is 11.3 Å². The molecule has 1 nitrogen and oxygen atoms in total. The summed E-state index contributed by atoms with van der Waals surface area (Å²) >= 11 is 1.16. The maximum absolute atomic E-state index is 13.0. The average molecular weight is 205 g/mol. The molecule has 3 heteroatoms. The molecule has 70 valence electrons. The number of halogens is 1. The maximum atomic E-state index is 13.0. The summed E-state index contributed by atoms with van der Waals surface area (Å²) in [6.45, 7) is 1.94. The molecule has 0 spiro atoms. The molecule has 0 unspecified atom stereocenters. The first-order valence-electron chi connectivity index (χ1n) is 4.26. The van der Waals surface area contributed by atoms with Crippen molar-refractivity contribution in [1.29, 1.82) is 5.26 Å². The normalized spacial score (nSPS) is 10.4. The first-order chi connectivity index (χ1) is 6.70. The second-order valence-corrected chi connectivity index (χ2v) is 4.22. The highest BCUT2D eigenvalue weighted by Crippen LogP contribution is 2.28. The first-order valence-corrected chi connectivity index (χ1v) is 5.08. The van der Waals surface area contributed by atoms with Crippen LogP contribution in [0.4, 0.5) is 4.39 Å². The molecule has 0 N–H and O–H groups in total. The molecule has 0 saturated heterocycles. The van der Waals surface area contributed by atoms with Crippen LogP contribution in [0.15, 0.2) is 18.2 Å². The van der Waals surface area contributed by atoms with Crippen LogP contribution in [0.25, 0.3) is 10.1 Å². The van der Waals surface area contributed by atoms with Crippen LogP contribution in [0.1, 0.15) is 11.1 Å². The van der Waals surface area contributed by atoms with Crippen molar-refractivity contribution in [3.63, 3.8) is 0 Å². The van der Waals surface area contributed by atoms with Gasteiger partial charge in [0.25, 0.3) is 0 Å². The van der Waals surface area contributed by atoms with Crippen LogP contribution in [0.2, 0.25) is 0 Å². The lowest BCUT2D eigenvalue weighted by Gasteiger charge is -1.99. The third-order valence-corrected chi connectivity index (χ3v) is 3.19. The second-order valence-electron chi connectivity index (χ2n) is 3.22. The number of hydrogen-bond acceptors (Lipinski definition) is 2. The zero-order valence-electron chi connectivity index (χ0n) is 7.67. The molecule has 0 aliphatic carbocycles. The average Bonchev–Trinajstić information content (AvgIpc) is 2.47. The molecule has 14 heavy (non-hydrogen) atoms. The van der Waals surface area contributed by atoms with Crippen molar-refractivity contribution in [3.05, 3.63) is 34.5 Å². The molecule has 0 saturated carbocycles. The van der Waals surface area contributed by atoms with Crippen LogP contribution in [0.3, 0.4) is 0 Å². The van der Waals surface area contributed by atoms with Crippen molar-refractivity contribution in [3.8, 4) is 6.07 Å². The van der Waals surface area contributed by atoms with Gasteiger partial charge in [0.1, 0.15) is 0 Å². The van der Waals surface area contributed by atoms with E-state index in [1.807, 2.05) is 19.1 Å². The van der Waals surface area contributed by atoms with Crippen molar-refractivity contribution >= 4 is 21.4 Å². The van der Waals surface area contributed by atoms with Gasteiger partial charge in [-0.3, -0.25) is 0 Å². The summed E-state index contributed by atoms with van der Waals surface area (Å²) in [6, 6.07) is 7.44. The molecule has 0 radical (unpaired) electrons. The summed E-state index contributed by atoms with van der Waals surface area (Å²) in [7, 11) is 0. The molecule has 1 heterocycles. The van der Waals surface area contributed by atoms with Crippen LogP contribution < -0.4 is 0 Å². The Bertz CT molecular complexity index is 522. The number of rotatable bonds is 1. The van der Waals surface area contributed by atoms with E-state index in [4.69, 9.17) is 5.26 Å². The minimum Gasteiger partial charge on any atom is -0.198 e. The zero-order chi connectivity index (χ0) is 10.1. The Morgan fingerprint density at radius 2 is 2.21 bits per heavy atom. The summed E-state index contributed by atoms with van der Waals surface area (Å²) in [4.78, 5) is 0. The van der Waals surface area contributed by atoms with Gasteiger partial charge in [-0.05, 0) is 35.6 Å². The number of hydrogen-bond donors (Lipinski definition) is 0. The number of nitriles is 1. The smallest absolute Gasteiger partial charge is 0.177 e. The van der Waals surface area contributed by atoms with E-state index < -0.39 is 0 Å². The van der Waals surface area contributed by atoms with Gasteiger partial charge in [0.15, 0.2) is 5.13 Å². The Morgan fingerprint density at radius 3 is 2.93 bits per heavy atom. The van der Waals surface area contributed by atoms with Gasteiger partial charge in [-0.25, -0.2) is 0 Å². The monoisotopic (exact) mass is 205 g/mol. The fraction of sp³-hybridized carbons (Fsp3) is 0.182. The summed E-state index contributed by atoms with van der Waals surface area (Å²) in [5.41, 5.74) is 2.00. The van der Waals surface area contributed by atoms with Crippen molar-refractivity contribution in [2.75, 3.05) is 0 Å². The maximum Gasteiger partial charge on any atom is 0.177 e. The highest BCUT2D eigenvalue weighted by molar-refractivity contribution is 7.17. The van der Waals surface area contributed by atoms with Crippen molar-refractivity contribution < 1.29 is 4.39 Å². The first kappa shape index (κ1) is 9.17. The number of nitrogens with zero attached hydrogens (tertiary/aromatic N) is 1. The highest BCUT2D eigenvalue weighted by atomic mass is 32.1. The summed E-state index contributed by atoms with van der Waals surface area (Å²) in [6.07, 6.45) is 0.383. The van der Waals surface area contributed by atoms with E-state index in [1.165, 1.54) is 6.07 Å². The van der Waals surface area contributed by atoms with Crippen LogP contribution in [0.5, 0.6) is 0 Å². The van der Waals surface area contributed by atoms with E-state index in [0.29, 0.717) is 6.42 Å². The van der Waals surface area contributed by atoms with Crippen LogP contribution in [0, 0.1) is 23.4 Å². The predicted octanol–water partition coefficient (Wildman–Crippen LogP) is 3.41. The molecular formula is C11H8FNS. The third-order valence-electron chi connectivity index (χ3n) is 2.11. The molecule has 1 aromatic heterocycles. The fourth-order valence-electron chi connectivity index (χ4n) is 1.57. The zero-order valence-corrected chi connectivity index (χ0v) is 8.49. The molecule has 0 atom stereocenters. The molecule has 0 amide bonds. The molecule has 0 aliphatic rings. The molecule has 0 bridgehead atoms. The van der Waals surface area contributed by atoms with Gasteiger partial charge in [0, 0.05) is 4.70 Å². The fourth-order valence-corrected chi connectivity index (χ4v) is 2.40. The van der Waals surface area contributed by atoms with Gasteiger partial charge in [-0.1, -0.05) is 6.07 Å². The van der Waals surface area contributed by atoms with E-state index in [0.717, 1.165) is 32.5 Å². The van der Waals surface area contributed by atoms with Gasteiger partial charge in [0.2, 0.25) is 0 Å². The number of fused-ring (bicyclic) bond motifs is 1. The van der Waals surface area contributed by atoms with Crippen LogP contribution in [-0.2, 0) is 6.42 Å². The van der Waals surface area contributed by atoms with Gasteiger partial charge in [-0.2, -0.15) is 9.65 Å². The van der Waals surface area contributed by atoms with E-state index >= 15 is 0 Å². The Hall–Kier alpha value is -1.40. The third kappa shape index (κ3) is 1.49. The molecular weight excluding hydrogens is 197 g/mol. The summed E-state index contributed by atoms with van der Waals surface area (Å²) < 4.78 is 13.9. The van der Waals surface area contributed by atoms with E-state index in [9.17, 15) is 4.39 Å². The Labute approximate surface area is 85.4 Å². The number of benzene rings is 1. The van der Waals surface area contributed by atoms with Gasteiger partial charge in [-0.15, -0.1) is 11.3 Å². The van der Waals surface area contributed by atoms with Crippen molar-refractivity contribution in [2.45, 2.75) is 13.3 Å². The second kappa shape index (κ2) is 3.39. The Balaban J connectivity index is 2.66. The minimum absolute atomic E-state index is 0.169. The lowest BCUT2D eigenvalue weighted by molar-refractivity contribution is 0.658. The highest BCUT2D eigenvalue weighted by Gasteiger charge is 2.05. The van der Waals surface area contributed by atoms with Crippen molar-refractivity contribution in [1.82, 2.24) is 0 Å². The van der Waals surface area contributed by atoms with Gasteiger partial charge in [0.05, 0.1) is 12.5 Å². The largest absolute Gasteiger partial charge is 0.198 e. The summed E-state index contributed by atoms with van der Waals surface area (Å²) in [5.74, 6) is 0. The molecule has 2 rings (SSSR count). The standard InChI is InChI=1S/C11H8FNS/c1-7-4-8(2-3-13)5-9-6-10(12)14-11(7)9/h4-6H,2H2,1H3. The van der Waals surface area contributed by atoms with E-state index in [-0.39, 0.29) is 5.13 Å². The lowest BCUT2D eigenvalue weighted by Crippen LogP contribution is -1.82. The van der Waals surface area contributed by atoms with Crippen LogP contribution in [-0.4, -0.2) is 0 Å². The predicted molar refractivity (Wildman–Crippen MR) is 55.8 cm³/mol. The SMILES string of the molecule is Cc1cc(CC#N)cc2cc(F)sc12. The lowest BCUT2D eigenvalue weighted by atomic mass is 10.1. The molecule has 2 aromatic rings. The van der Waals surface area contributed by atoms with E-state index in [1.54, 1.807) is 0 Å². The van der Waals surface area contributed by atoms with E-state index in [2.05, 4.69) is 6.07 Å². The number of thiophene rings is 1. The van der Waals surface area contributed by atoms with Crippen molar-refractivity contribution in [2.24, 2.45) is 0 Å². The molecule has 1 aromatic carbocycles. The van der Waals surface area contributed by atoms with Gasteiger partial charge >= 0.3 is 0 Å². The quantitative estimate of drug-likeness (QED) is 0.699. The number of aryl methyl sites for hydroxylation is 1. The van der Waals surface area contributed by atoms with Gasteiger partial charge < -0.3 is 0 Å². The topological polar surface area (TPSA) is 23.8 Å². The summed E-state index contributed by atoms with van der Waals surface area (Å²) in [5, 5.41) is 9.30.